The molecule has 0 aliphatic heterocycles. The third kappa shape index (κ3) is 4.25. The number of halogens is 4. The standard InChI is InChI=1S/C21H12Cl4N4O3/c22-12-4-3-11(15(23)6-12)9-28-10-14(13-2-1-5-29(32)21(13)28)19(30)20(31)27-18-16(24)7-26-8-17(18)25/h1-8,10H,9H2,(H,26,27,31). The number of carbonyl (C=O) groups is 2. The number of amides is 1. The Bertz CT molecular complexity index is 1370. The molecular formula is C21H12Cl4N4O3. The number of hydrogen-bond donors (Lipinski definition) is 1. The van der Waals surface area contributed by atoms with Gasteiger partial charge in [0.15, 0.2) is 0 Å². The summed E-state index contributed by atoms with van der Waals surface area (Å²) in [4.78, 5) is 29.5. The van der Waals surface area contributed by atoms with Crippen LogP contribution in [0.15, 0.2) is 55.1 Å². The Hall–Kier alpha value is -2.84. The summed E-state index contributed by atoms with van der Waals surface area (Å²) >= 11 is 24.3. The van der Waals surface area contributed by atoms with Crippen molar-refractivity contribution in [2.75, 3.05) is 5.32 Å². The Morgan fingerprint density at radius 3 is 2.47 bits per heavy atom. The molecule has 0 saturated heterocycles. The van der Waals surface area contributed by atoms with Crippen molar-refractivity contribution in [1.82, 2.24) is 9.55 Å². The van der Waals surface area contributed by atoms with Crippen LogP contribution >= 0.6 is 46.4 Å². The molecule has 162 valence electrons. The van der Waals surface area contributed by atoms with Crippen molar-refractivity contribution in [1.29, 1.82) is 0 Å². The molecule has 4 aromatic rings. The molecule has 0 atom stereocenters. The van der Waals surface area contributed by atoms with Crippen LogP contribution in [0.5, 0.6) is 0 Å². The van der Waals surface area contributed by atoms with E-state index in [2.05, 4.69) is 10.3 Å². The molecule has 3 aromatic heterocycles. The normalized spacial score (nSPS) is 11.0. The first-order valence-corrected chi connectivity index (χ1v) is 10.6. The van der Waals surface area contributed by atoms with Crippen LogP contribution < -0.4 is 10.0 Å². The Labute approximate surface area is 201 Å². The van der Waals surface area contributed by atoms with Crippen LogP contribution in [0, 0.1) is 5.21 Å². The van der Waals surface area contributed by atoms with Gasteiger partial charge in [-0.05, 0) is 24.3 Å². The minimum absolute atomic E-state index is 0.0362. The van der Waals surface area contributed by atoms with Gasteiger partial charge in [0.1, 0.15) is 12.7 Å². The maximum Gasteiger partial charge on any atom is 0.297 e. The van der Waals surface area contributed by atoms with Crippen molar-refractivity contribution in [3.63, 3.8) is 0 Å². The van der Waals surface area contributed by atoms with Crippen molar-refractivity contribution in [2.24, 2.45) is 0 Å². The minimum atomic E-state index is -0.968. The van der Waals surface area contributed by atoms with Crippen LogP contribution in [0.1, 0.15) is 15.9 Å². The number of hydrogen-bond acceptors (Lipinski definition) is 4. The summed E-state index contributed by atoms with van der Waals surface area (Å²) in [6, 6.07) is 8.03. The first-order chi connectivity index (χ1) is 15.3. The predicted molar refractivity (Wildman–Crippen MR) is 124 cm³/mol. The Kier molecular flexibility index (Phi) is 6.26. The molecule has 0 fully saturated rings. The van der Waals surface area contributed by atoms with Gasteiger partial charge < -0.3 is 10.5 Å². The number of aromatic nitrogens is 3. The third-order valence-electron chi connectivity index (χ3n) is 4.68. The van der Waals surface area contributed by atoms with Gasteiger partial charge in [0.2, 0.25) is 0 Å². The summed E-state index contributed by atoms with van der Waals surface area (Å²) < 4.78 is 2.16. The molecule has 0 spiro atoms. The second-order valence-corrected chi connectivity index (χ2v) is 8.40. The number of rotatable bonds is 5. The van der Waals surface area contributed by atoms with Gasteiger partial charge in [0, 0.05) is 28.0 Å². The topological polar surface area (TPSA) is 90.9 Å². The van der Waals surface area contributed by atoms with Crippen molar-refractivity contribution in [3.8, 4) is 0 Å². The van der Waals surface area contributed by atoms with E-state index >= 15 is 0 Å². The quantitative estimate of drug-likeness (QED) is 0.174. The van der Waals surface area contributed by atoms with E-state index in [9.17, 15) is 14.8 Å². The second-order valence-electron chi connectivity index (χ2n) is 6.74. The zero-order valence-electron chi connectivity index (χ0n) is 16.0. The fourth-order valence-corrected chi connectivity index (χ4v) is 4.14. The van der Waals surface area contributed by atoms with Crippen LogP contribution in [-0.2, 0) is 11.3 Å². The summed E-state index contributed by atoms with van der Waals surface area (Å²) in [7, 11) is 0. The summed E-state index contributed by atoms with van der Waals surface area (Å²) in [6.45, 7) is 0.176. The Balaban J connectivity index is 1.74. The van der Waals surface area contributed by atoms with E-state index in [0.29, 0.717) is 25.7 Å². The van der Waals surface area contributed by atoms with E-state index < -0.39 is 11.7 Å². The van der Waals surface area contributed by atoms with E-state index in [1.54, 1.807) is 28.8 Å². The van der Waals surface area contributed by atoms with Gasteiger partial charge in [-0.1, -0.05) is 52.5 Å². The average Bonchev–Trinajstić information content (AvgIpc) is 3.12. The highest BCUT2D eigenvalue weighted by Gasteiger charge is 2.27. The maximum absolute atomic E-state index is 13.0. The lowest BCUT2D eigenvalue weighted by atomic mass is 10.1. The van der Waals surface area contributed by atoms with Gasteiger partial charge >= 0.3 is 0 Å². The van der Waals surface area contributed by atoms with E-state index in [-0.39, 0.29) is 33.5 Å². The van der Waals surface area contributed by atoms with Gasteiger partial charge in [-0.15, -0.1) is 0 Å². The number of Topliss-reactive ketones (excluding diaryl/α,β-unsaturated/α-hetero) is 1. The number of anilines is 1. The number of ketones is 1. The molecule has 11 heteroatoms. The first-order valence-electron chi connectivity index (χ1n) is 9.06. The third-order valence-corrected chi connectivity index (χ3v) is 5.84. The first kappa shape index (κ1) is 22.4. The number of fused-ring (bicyclic) bond motifs is 1. The van der Waals surface area contributed by atoms with Crippen molar-refractivity contribution < 1.29 is 14.3 Å². The average molecular weight is 510 g/mol. The summed E-state index contributed by atoms with van der Waals surface area (Å²) in [5, 5.41) is 16.2. The van der Waals surface area contributed by atoms with Gasteiger partial charge in [-0.25, -0.2) is 9.30 Å². The fraction of sp³-hybridized carbons (Fsp3) is 0.0476. The maximum atomic E-state index is 13.0. The summed E-state index contributed by atoms with van der Waals surface area (Å²) in [6.07, 6.45) is 5.31. The summed E-state index contributed by atoms with van der Waals surface area (Å²) in [5.74, 6) is -1.84. The van der Waals surface area contributed by atoms with Crippen molar-refractivity contribution >= 4 is 74.8 Å². The molecule has 7 nitrogen and oxygen atoms in total. The number of nitrogens with zero attached hydrogens (tertiary/aromatic N) is 3. The SMILES string of the molecule is O=C(Nc1c(Cl)cncc1Cl)C(=O)c1cn(Cc2ccc(Cl)cc2Cl)c2c1ccc[n+]2[O-]. The van der Waals surface area contributed by atoms with Crippen LogP contribution in [0.2, 0.25) is 20.1 Å². The van der Waals surface area contributed by atoms with E-state index in [1.807, 2.05) is 0 Å². The predicted octanol–water partition coefficient (Wildman–Crippen LogP) is 5.15. The fourth-order valence-electron chi connectivity index (χ4n) is 3.22. The largest absolute Gasteiger partial charge is 0.711 e. The molecule has 4 rings (SSSR count). The van der Waals surface area contributed by atoms with Gasteiger partial charge in [0.25, 0.3) is 17.3 Å². The molecule has 1 aromatic carbocycles. The Morgan fingerprint density at radius 1 is 1.06 bits per heavy atom. The van der Waals surface area contributed by atoms with E-state index in [4.69, 9.17) is 46.4 Å². The molecule has 3 heterocycles. The minimum Gasteiger partial charge on any atom is -0.711 e. The molecule has 0 saturated carbocycles. The smallest absolute Gasteiger partial charge is 0.297 e. The molecule has 1 amide bonds. The lowest BCUT2D eigenvalue weighted by Gasteiger charge is -2.07. The van der Waals surface area contributed by atoms with Crippen LogP contribution in [-0.4, -0.2) is 21.2 Å². The molecule has 0 unspecified atom stereocenters. The van der Waals surface area contributed by atoms with Crippen LogP contribution in [0.3, 0.4) is 0 Å². The lowest BCUT2D eigenvalue weighted by Crippen LogP contribution is -2.28. The van der Waals surface area contributed by atoms with Gasteiger partial charge in [-0.2, -0.15) is 0 Å². The zero-order valence-corrected chi connectivity index (χ0v) is 19.0. The van der Waals surface area contributed by atoms with Gasteiger partial charge in [0.05, 0.1) is 32.9 Å². The Morgan fingerprint density at radius 2 is 1.78 bits per heavy atom. The molecule has 0 bridgehead atoms. The van der Waals surface area contributed by atoms with Crippen molar-refractivity contribution in [2.45, 2.75) is 6.54 Å². The highest BCUT2D eigenvalue weighted by molar-refractivity contribution is 6.50. The number of nitrogens with one attached hydrogen (secondary N) is 1. The molecule has 0 aliphatic rings. The number of carbonyl (C=O) groups excluding carboxylic acids is 2. The monoisotopic (exact) mass is 508 g/mol. The van der Waals surface area contributed by atoms with Crippen molar-refractivity contribution in [3.05, 3.63) is 91.5 Å². The number of benzene rings is 1. The van der Waals surface area contributed by atoms with Crippen LogP contribution in [0.4, 0.5) is 5.69 Å². The van der Waals surface area contributed by atoms with E-state index in [0.717, 1.165) is 0 Å². The number of pyridine rings is 2. The lowest BCUT2D eigenvalue weighted by molar-refractivity contribution is -0.580. The van der Waals surface area contributed by atoms with Gasteiger partial charge in [-0.3, -0.25) is 14.6 Å². The second kappa shape index (κ2) is 8.96. The zero-order chi connectivity index (χ0) is 23.0. The molecule has 0 aliphatic carbocycles. The molecule has 0 radical (unpaired) electrons. The molecular weight excluding hydrogens is 498 g/mol. The molecule has 32 heavy (non-hydrogen) atoms. The summed E-state index contributed by atoms with van der Waals surface area (Å²) in [5.41, 5.74) is 0.969. The molecule has 1 N–H and O–H groups in total. The highest BCUT2D eigenvalue weighted by Crippen LogP contribution is 2.29. The van der Waals surface area contributed by atoms with E-state index in [1.165, 1.54) is 30.9 Å². The van der Waals surface area contributed by atoms with Crippen LogP contribution in [0.25, 0.3) is 11.0 Å². The highest BCUT2D eigenvalue weighted by atomic mass is 35.5.